The van der Waals surface area contributed by atoms with Crippen LogP contribution in [-0.4, -0.2) is 55.0 Å². The number of aryl methyl sites for hydroxylation is 1. The lowest BCUT2D eigenvalue weighted by molar-refractivity contribution is 0.143. The van der Waals surface area contributed by atoms with E-state index in [2.05, 4.69) is 49.8 Å². The van der Waals surface area contributed by atoms with Crippen molar-refractivity contribution in [2.45, 2.75) is 24.8 Å². The first-order chi connectivity index (χ1) is 9.23. The van der Waals surface area contributed by atoms with Gasteiger partial charge in [0.1, 0.15) is 0 Å². The zero-order valence-electron chi connectivity index (χ0n) is 11.9. The Kier molecular flexibility index (Phi) is 4.53. The molecule has 114 valence electrons. The Hall–Kier alpha value is -0.510. The van der Waals surface area contributed by atoms with Gasteiger partial charge in [-0.2, -0.15) is 0 Å². The fourth-order valence-electron chi connectivity index (χ4n) is 2.28. The van der Waals surface area contributed by atoms with Crippen LogP contribution in [0.15, 0.2) is 9.63 Å². The summed E-state index contributed by atoms with van der Waals surface area (Å²) in [6, 6.07) is 0. The molecule has 9 heteroatoms. The van der Waals surface area contributed by atoms with Gasteiger partial charge in [0.25, 0.3) is 10.0 Å². The second-order valence-electron chi connectivity index (χ2n) is 5.75. The lowest BCUT2D eigenvalue weighted by atomic mass is 9.81. The third kappa shape index (κ3) is 3.38. The molecule has 0 atom stereocenters. The predicted octanol–water partition coefficient (Wildman–Crippen LogP) is 0.588. The van der Waals surface area contributed by atoms with Gasteiger partial charge in [-0.3, -0.25) is 0 Å². The smallest absolute Gasteiger partial charge is 0.260 e. The number of piperidine rings is 1. The number of hydrogen-bond donors (Lipinski definition) is 1. The Labute approximate surface area is 127 Å². The van der Waals surface area contributed by atoms with Crippen molar-refractivity contribution < 1.29 is 8.42 Å². The maximum atomic E-state index is 12.3. The molecule has 0 aliphatic carbocycles. The van der Waals surface area contributed by atoms with Gasteiger partial charge in [0.05, 0.1) is 0 Å². The molecule has 0 unspecified atom stereocenters. The fourth-order valence-corrected chi connectivity index (χ4v) is 4.57. The van der Waals surface area contributed by atoms with Crippen LogP contribution in [-0.2, 0) is 17.1 Å². The van der Waals surface area contributed by atoms with E-state index in [0.717, 1.165) is 25.9 Å². The quantitative estimate of drug-likeness (QED) is 0.844. The van der Waals surface area contributed by atoms with Gasteiger partial charge in [-0.05, 0) is 54.3 Å². The van der Waals surface area contributed by atoms with Gasteiger partial charge in [-0.1, -0.05) is 12.1 Å². The van der Waals surface area contributed by atoms with E-state index in [0.29, 0.717) is 6.54 Å². The van der Waals surface area contributed by atoms with Crippen LogP contribution in [0.3, 0.4) is 0 Å². The number of sulfonamides is 1. The lowest BCUT2D eigenvalue weighted by Gasteiger charge is -2.37. The summed E-state index contributed by atoms with van der Waals surface area (Å²) in [5.74, 6) is 0. The molecule has 1 aliphatic rings. The summed E-state index contributed by atoms with van der Waals surface area (Å²) in [6.07, 6.45) is 1.97. The van der Waals surface area contributed by atoms with E-state index in [9.17, 15) is 8.42 Å². The molecule has 0 amide bonds. The number of nitrogens with one attached hydrogen (secondary N) is 1. The third-order valence-corrected chi connectivity index (χ3v) is 6.16. The van der Waals surface area contributed by atoms with Gasteiger partial charge in [0, 0.05) is 13.6 Å². The summed E-state index contributed by atoms with van der Waals surface area (Å²) in [4.78, 5) is 2.26. The van der Waals surface area contributed by atoms with E-state index in [1.54, 1.807) is 7.05 Å². The molecule has 2 heterocycles. The second kappa shape index (κ2) is 5.70. The van der Waals surface area contributed by atoms with Gasteiger partial charge < -0.3 is 4.90 Å². The van der Waals surface area contributed by atoms with E-state index in [1.807, 2.05) is 0 Å². The van der Waals surface area contributed by atoms with Crippen molar-refractivity contribution in [1.82, 2.24) is 24.6 Å². The minimum Gasteiger partial charge on any atom is -0.306 e. The Morgan fingerprint density at radius 2 is 1.95 bits per heavy atom. The van der Waals surface area contributed by atoms with Gasteiger partial charge in [-0.15, -0.1) is 5.10 Å². The number of aromatic nitrogens is 3. The standard InChI is InChI=1S/C11H20BrN5O2S/c1-11(4-6-16(2)7-5-11)8-13-20(18,19)10-9(12)14-15-17(10)3/h13H,4-8H2,1-3H3. The van der Waals surface area contributed by atoms with Crippen LogP contribution in [0.25, 0.3) is 0 Å². The molecular formula is C11H20BrN5O2S. The van der Waals surface area contributed by atoms with E-state index < -0.39 is 10.0 Å². The van der Waals surface area contributed by atoms with Crippen LogP contribution in [0, 0.1) is 5.41 Å². The maximum Gasteiger partial charge on any atom is 0.260 e. The highest BCUT2D eigenvalue weighted by Gasteiger charge is 2.32. The second-order valence-corrected chi connectivity index (χ2v) is 8.18. The fraction of sp³-hybridized carbons (Fsp3) is 0.818. The zero-order chi connectivity index (χ0) is 15.0. The first kappa shape index (κ1) is 15.9. The molecule has 20 heavy (non-hydrogen) atoms. The highest BCUT2D eigenvalue weighted by Crippen LogP contribution is 2.30. The molecule has 2 rings (SSSR count). The van der Waals surface area contributed by atoms with Gasteiger partial charge >= 0.3 is 0 Å². The maximum absolute atomic E-state index is 12.3. The van der Waals surface area contributed by atoms with Crippen molar-refractivity contribution >= 4 is 26.0 Å². The highest BCUT2D eigenvalue weighted by atomic mass is 79.9. The van der Waals surface area contributed by atoms with Crippen LogP contribution in [0.2, 0.25) is 0 Å². The summed E-state index contributed by atoms with van der Waals surface area (Å²) in [6.45, 7) is 4.55. The minimum atomic E-state index is -3.60. The van der Waals surface area contributed by atoms with Crippen molar-refractivity contribution in [3.05, 3.63) is 4.60 Å². The van der Waals surface area contributed by atoms with Crippen molar-refractivity contribution in [3.8, 4) is 0 Å². The summed E-state index contributed by atoms with van der Waals surface area (Å²) < 4.78 is 28.8. The molecule has 1 aromatic rings. The minimum absolute atomic E-state index is 0.00191. The largest absolute Gasteiger partial charge is 0.306 e. The van der Waals surface area contributed by atoms with Crippen LogP contribution < -0.4 is 4.72 Å². The lowest BCUT2D eigenvalue weighted by Crippen LogP contribution is -2.43. The molecular weight excluding hydrogens is 346 g/mol. The van der Waals surface area contributed by atoms with Gasteiger partial charge in [-0.25, -0.2) is 17.8 Å². The summed E-state index contributed by atoms with van der Waals surface area (Å²) in [5.41, 5.74) is -0.00191. The number of likely N-dealkylation sites (tertiary alicyclic amines) is 1. The van der Waals surface area contributed by atoms with Gasteiger partial charge in [0.2, 0.25) is 5.03 Å². The molecule has 0 radical (unpaired) electrons. The SMILES string of the molecule is CN1CCC(C)(CNS(=O)(=O)c2c(Br)nnn2C)CC1. The monoisotopic (exact) mass is 365 g/mol. The highest BCUT2D eigenvalue weighted by molar-refractivity contribution is 9.10. The molecule has 1 saturated heterocycles. The molecule has 1 N–H and O–H groups in total. The molecule has 0 aromatic carbocycles. The van der Waals surface area contributed by atoms with Crippen molar-refractivity contribution in [3.63, 3.8) is 0 Å². The van der Waals surface area contributed by atoms with Crippen molar-refractivity contribution in [2.75, 3.05) is 26.7 Å². The average molecular weight is 366 g/mol. The van der Waals surface area contributed by atoms with E-state index in [4.69, 9.17) is 0 Å². The zero-order valence-corrected chi connectivity index (χ0v) is 14.3. The van der Waals surface area contributed by atoms with Gasteiger partial charge in [0.15, 0.2) is 4.60 Å². The Balaban J connectivity index is 2.07. The van der Waals surface area contributed by atoms with Crippen LogP contribution in [0.1, 0.15) is 19.8 Å². The number of hydrogen-bond acceptors (Lipinski definition) is 5. The van der Waals surface area contributed by atoms with Crippen LogP contribution >= 0.6 is 15.9 Å². The normalized spacial score (nSPS) is 20.2. The Morgan fingerprint density at radius 3 is 2.45 bits per heavy atom. The van der Waals surface area contributed by atoms with E-state index >= 15 is 0 Å². The first-order valence-corrected chi connectivity index (χ1v) is 8.75. The van der Waals surface area contributed by atoms with Crippen LogP contribution in [0.5, 0.6) is 0 Å². The molecule has 0 spiro atoms. The summed E-state index contributed by atoms with van der Waals surface area (Å²) in [7, 11) is 0.0428. The number of rotatable bonds is 4. The topological polar surface area (TPSA) is 80.1 Å². The molecule has 7 nitrogen and oxygen atoms in total. The Morgan fingerprint density at radius 1 is 1.35 bits per heavy atom. The third-order valence-electron chi connectivity index (χ3n) is 3.87. The molecule has 1 fully saturated rings. The summed E-state index contributed by atoms with van der Waals surface area (Å²) >= 11 is 3.12. The van der Waals surface area contributed by atoms with Crippen molar-refractivity contribution in [2.24, 2.45) is 12.5 Å². The predicted molar refractivity (Wildman–Crippen MR) is 78.7 cm³/mol. The number of halogens is 1. The molecule has 0 bridgehead atoms. The molecule has 1 aliphatic heterocycles. The summed E-state index contributed by atoms with van der Waals surface area (Å²) in [5, 5.41) is 7.47. The van der Waals surface area contributed by atoms with E-state index in [1.165, 1.54) is 4.68 Å². The van der Waals surface area contributed by atoms with E-state index in [-0.39, 0.29) is 15.0 Å². The average Bonchev–Trinajstić information content (AvgIpc) is 2.72. The first-order valence-electron chi connectivity index (χ1n) is 6.47. The number of nitrogens with zero attached hydrogens (tertiary/aromatic N) is 4. The van der Waals surface area contributed by atoms with Crippen LogP contribution in [0.4, 0.5) is 0 Å². The van der Waals surface area contributed by atoms with Crippen molar-refractivity contribution in [1.29, 1.82) is 0 Å². The molecule has 1 aromatic heterocycles. The Bertz CT molecular complexity index is 558. The molecule has 0 saturated carbocycles.